The fourth-order valence-corrected chi connectivity index (χ4v) is 7.76. The zero-order chi connectivity index (χ0) is 38.6. The van der Waals surface area contributed by atoms with E-state index in [0.717, 1.165) is 22.5 Å². The van der Waals surface area contributed by atoms with Gasteiger partial charge in [-0.3, -0.25) is 0 Å². The minimum Gasteiger partial charge on any atom is -0.317 e. The Labute approximate surface area is 335 Å². The highest BCUT2D eigenvalue weighted by Crippen LogP contribution is 2.37. The molecule has 1 aromatic heterocycles. The number of rotatable bonds is 5. The van der Waals surface area contributed by atoms with Gasteiger partial charge in [0.2, 0.25) is 0 Å². The molecule has 0 amide bonds. The highest BCUT2D eigenvalue weighted by Gasteiger charge is 2.15. The molecule has 2 heteroatoms. The number of benzene rings is 8. The lowest BCUT2D eigenvalue weighted by Crippen LogP contribution is -2.10. The van der Waals surface area contributed by atoms with E-state index in [2.05, 4.69) is 217 Å². The predicted octanol–water partition coefficient (Wildman–Crippen LogP) is 15.0. The minimum absolute atomic E-state index is 1.03. The lowest BCUT2D eigenvalue weighted by atomic mass is 10.0. The molecule has 2 heterocycles. The molecule has 0 spiro atoms. The summed E-state index contributed by atoms with van der Waals surface area (Å²) in [5.74, 6) is 0. The topological polar surface area (TPSA) is 8.17 Å². The Balaban J connectivity index is 0.000000186. The molecule has 8 aromatic carbocycles. The first-order chi connectivity index (χ1) is 28.1. The molecule has 0 fully saturated rings. The molecule has 0 radical (unpaired) electrons. The third-order valence-corrected chi connectivity index (χ3v) is 10.7. The molecule has 0 atom stereocenters. The van der Waals surface area contributed by atoms with Crippen LogP contribution < -0.4 is 4.90 Å². The molecule has 0 N–H and O–H groups in total. The van der Waals surface area contributed by atoms with Gasteiger partial charge in [-0.05, 0) is 100 Å². The van der Waals surface area contributed by atoms with Crippen LogP contribution in [0.15, 0.2) is 231 Å². The van der Waals surface area contributed by atoms with E-state index in [4.69, 9.17) is 0 Å². The second-order valence-electron chi connectivity index (χ2n) is 14.4. The molecule has 57 heavy (non-hydrogen) atoms. The first-order valence-corrected chi connectivity index (χ1v) is 19.4. The first kappa shape index (κ1) is 35.3. The van der Waals surface area contributed by atoms with Crippen LogP contribution in [0.25, 0.3) is 66.4 Å². The van der Waals surface area contributed by atoms with Crippen LogP contribution in [-0.4, -0.2) is 4.57 Å². The number of aryl methyl sites for hydroxylation is 1. The fourth-order valence-electron chi connectivity index (χ4n) is 7.76. The zero-order valence-electron chi connectivity index (χ0n) is 32.0. The monoisotopic (exact) mass is 730 g/mol. The Morgan fingerprint density at radius 2 is 0.947 bits per heavy atom. The van der Waals surface area contributed by atoms with Crippen LogP contribution >= 0.6 is 0 Å². The van der Waals surface area contributed by atoms with E-state index in [1.165, 1.54) is 66.4 Å². The molecule has 0 aliphatic carbocycles. The highest BCUT2D eigenvalue weighted by atomic mass is 15.1. The molecule has 10 rings (SSSR count). The van der Waals surface area contributed by atoms with Gasteiger partial charge in [-0.25, -0.2) is 0 Å². The van der Waals surface area contributed by atoms with Gasteiger partial charge in [0.05, 0.1) is 16.7 Å². The van der Waals surface area contributed by atoms with Crippen molar-refractivity contribution in [1.82, 2.24) is 4.57 Å². The SMILES string of the molecule is C=C1/C=C\C=C/N(c2ccccc2)c2ccccc21.Cc1ccc2c(c1)c1ccc(-c3ccccc3)cc1n2-c1ccc(-c2ccc(-c3ccccc3)cc2)cc1. The third kappa shape index (κ3) is 7.25. The number of nitrogens with zero attached hydrogens (tertiary/aromatic N) is 2. The molecule has 0 saturated heterocycles. The summed E-state index contributed by atoms with van der Waals surface area (Å²) in [5.41, 5.74) is 16.8. The van der Waals surface area contributed by atoms with Gasteiger partial charge in [-0.1, -0.05) is 176 Å². The van der Waals surface area contributed by atoms with Crippen molar-refractivity contribution in [3.8, 4) is 39.1 Å². The lowest BCUT2D eigenvalue weighted by Gasteiger charge is -2.24. The molecule has 0 unspecified atom stereocenters. The number of fused-ring (bicyclic) bond motifs is 4. The summed E-state index contributed by atoms with van der Waals surface area (Å²) in [6.45, 7) is 6.30. The Bertz CT molecular complexity index is 2880. The molecule has 1 aliphatic rings. The number of aromatic nitrogens is 1. The molecule has 272 valence electrons. The molecule has 1 aliphatic heterocycles. The van der Waals surface area contributed by atoms with Crippen molar-refractivity contribution in [2.24, 2.45) is 0 Å². The van der Waals surface area contributed by atoms with Gasteiger partial charge >= 0.3 is 0 Å². The van der Waals surface area contributed by atoms with E-state index in [1.807, 2.05) is 30.4 Å². The fraction of sp³-hybridized carbons (Fsp3) is 0.0182. The quantitative estimate of drug-likeness (QED) is 0.171. The van der Waals surface area contributed by atoms with E-state index >= 15 is 0 Å². The van der Waals surface area contributed by atoms with Crippen molar-refractivity contribution in [1.29, 1.82) is 0 Å². The maximum atomic E-state index is 4.14. The maximum Gasteiger partial charge on any atom is 0.0547 e. The number of para-hydroxylation sites is 2. The van der Waals surface area contributed by atoms with Crippen molar-refractivity contribution in [2.45, 2.75) is 6.92 Å². The number of anilines is 2. The summed E-state index contributed by atoms with van der Waals surface area (Å²) >= 11 is 0. The van der Waals surface area contributed by atoms with Crippen molar-refractivity contribution in [3.63, 3.8) is 0 Å². The highest BCUT2D eigenvalue weighted by molar-refractivity contribution is 6.10. The van der Waals surface area contributed by atoms with Crippen LogP contribution in [0, 0.1) is 6.92 Å². The van der Waals surface area contributed by atoms with E-state index in [0.29, 0.717) is 0 Å². The second kappa shape index (κ2) is 15.7. The van der Waals surface area contributed by atoms with E-state index in [-0.39, 0.29) is 0 Å². The summed E-state index contributed by atoms with van der Waals surface area (Å²) in [6, 6.07) is 71.2. The average molecular weight is 731 g/mol. The third-order valence-electron chi connectivity index (χ3n) is 10.7. The number of hydrogen-bond donors (Lipinski definition) is 0. The van der Waals surface area contributed by atoms with Gasteiger partial charge in [0.15, 0.2) is 0 Å². The van der Waals surface area contributed by atoms with Gasteiger partial charge in [0.1, 0.15) is 0 Å². The summed E-state index contributed by atoms with van der Waals surface area (Å²) in [6.07, 6.45) is 8.18. The summed E-state index contributed by atoms with van der Waals surface area (Å²) in [7, 11) is 0. The molecular weight excluding hydrogens is 689 g/mol. The largest absolute Gasteiger partial charge is 0.317 e. The summed E-state index contributed by atoms with van der Waals surface area (Å²) < 4.78 is 2.40. The Morgan fingerprint density at radius 1 is 0.404 bits per heavy atom. The lowest BCUT2D eigenvalue weighted by molar-refractivity contribution is 1.18. The normalized spacial score (nSPS) is 13.3. The van der Waals surface area contributed by atoms with Crippen LogP contribution in [0.2, 0.25) is 0 Å². The number of allylic oxidation sites excluding steroid dienone is 4. The number of hydrogen-bond acceptors (Lipinski definition) is 1. The van der Waals surface area contributed by atoms with Gasteiger partial charge < -0.3 is 9.47 Å². The van der Waals surface area contributed by atoms with Crippen LogP contribution in [0.5, 0.6) is 0 Å². The van der Waals surface area contributed by atoms with Gasteiger partial charge in [0.25, 0.3) is 0 Å². The van der Waals surface area contributed by atoms with E-state index < -0.39 is 0 Å². The molecule has 9 aromatic rings. The first-order valence-electron chi connectivity index (χ1n) is 19.4. The Morgan fingerprint density at radius 3 is 1.61 bits per heavy atom. The van der Waals surface area contributed by atoms with Gasteiger partial charge in [-0.15, -0.1) is 0 Å². The van der Waals surface area contributed by atoms with E-state index in [1.54, 1.807) is 0 Å². The van der Waals surface area contributed by atoms with Crippen molar-refractivity contribution in [3.05, 3.63) is 242 Å². The van der Waals surface area contributed by atoms with Crippen LogP contribution in [-0.2, 0) is 0 Å². The van der Waals surface area contributed by atoms with Crippen LogP contribution in [0.1, 0.15) is 11.1 Å². The Hall–Kier alpha value is -7.42. The smallest absolute Gasteiger partial charge is 0.0547 e. The minimum atomic E-state index is 1.03. The Kier molecular flexibility index (Phi) is 9.75. The van der Waals surface area contributed by atoms with Crippen molar-refractivity contribution >= 4 is 38.8 Å². The van der Waals surface area contributed by atoms with Crippen molar-refractivity contribution in [2.75, 3.05) is 4.90 Å². The molecule has 0 bridgehead atoms. The van der Waals surface area contributed by atoms with Crippen molar-refractivity contribution < 1.29 is 0 Å². The summed E-state index contributed by atoms with van der Waals surface area (Å²) in [4.78, 5) is 2.18. The standard InChI is InChI=1S/C37H27N.C18H15N/c1-26-12-23-36-35(24-26)34-22-19-32(28-10-6-3-7-11-28)25-37(34)38(36)33-20-17-31(18-21-33)30-15-13-29(14-16-30)27-8-4-2-5-9-27;1-15-9-7-8-14-19(16-10-3-2-4-11-16)18-13-6-5-12-17(15)18/h2-25H,1H3;2-14H,1H2/b;9-7-,14-8-. The molecule has 2 nitrogen and oxygen atoms in total. The zero-order valence-corrected chi connectivity index (χ0v) is 32.0. The maximum absolute atomic E-state index is 4.14. The predicted molar refractivity (Wildman–Crippen MR) is 244 cm³/mol. The van der Waals surface area contributed by atoms with E-state index in [9.17, 15) is 0 Å². The van der Waals surface area contributed by atoms with Gasteiger partial charge in [-0.2, -0.15) is 0 Å². The second-order valence-corrected chi connectivity index (χ2v) is 14.4. The molecule has 0 saturated carbocycles. The van der Waals surface area contributed by atoms with Crippen LogP contribution in [0.3, 0.4) is 0 Å². The average Bonchev–Trinajstić information content (AvgIpc) is 3.59. The summed E-state index contributed by atoms with van der Waals surface area (Å²) in [5, 5.41) is 2.57. The van der Waals surface area contributed by atoms with Crippen LogP contribution in [0.4, 0.5) is 11.4 Å². The molecular formula is C55H42N2. The van der Waals surface area contributed by atoms with Gasteiger partial charge in [0, 0.05) is 33.9 Å².